The molecule has 0 aromatic rings. The van der Waals surface area contributed by atoms with Crippen LogP contribution in [0.1, 0.15) is 0 Å². The average Bonchev–Trinajstić information content (AvgIpc) is 2.16. The van der Waals surface area contributed by atoms with Gasteiger partial charge < -0.3 is 24.4 Å². The maximum Gasteiger partial charge on any atom is 0.125 e. The molecule has 0 saturated carbocycles. The van der Waals surface area contributed by atoms with Crippen molar-refractivity contribution in [3.05, 3.63) is 50.1 Å². The first-order chi connectivity index (χ1) is 6.41. The van der Waals surface area contributed by atoms with E-state index in [-0.39, 0.29) is 0 Å². The highest BCUT2D eigenvalue weighted by atomic mass is 16.5. The molecule has 0 aromatic carbocycles. The smallest absolute Gasteiger partial charge is 0.125 e. The second-order valence-corrected chi connectivity index (χ2v) is 1.52. The van der Waals surface area contributed by atoms with Gasteiger partial charge in [-0.15, -0.1) is 0 Å². The lowest BCUT2D eigenvalue weighted by Crippen LogP contribution is -1.70. The molecule has 13 heavy (non-hydrogen) atoms. The van der Waals surface area contributed by atoms with Gasteiger partial charge in [-0.2, -0.15) is 0 Å². The minimum absolute atomic E-state index is 0.745. The van der Waals surface area contributed by atoms with Crippen LogP contribution in [-0.4, -0.2) is 10.2 Å². The fraction of sp³-hybridized carbons (Fsp3) is 0. The largest absolute Gasteiger partial charge is 0.512 e. The van der Waals surface area contributed by atoms with Gasteiger partial charge in [0.15, 0.2) is 0 Å². The zero-order chi connectivity index (χ0) is 9.78. The van der Waals surface area contributed by atoms with Crippen molar-refractivity contribution in [2.24, 2.45) is 0 Å². The molecule has 0 aliphatic carbocycles. The lowest BCUT2D eigenvalue weighted by atomic mass is 10.9. The average molecular weight is 186 g/mol. The highest BCUT2D eigenvalue weighted by Gasteiger charge is 1.70. The van der Waals surface area contributed by atoms with Crippen LogP contribution in [0.5, 0.6) is 0 Å². The van der Waals surface area contributed by atoms with Gasteiger partial charge in [0, 0.05) is 0 Å². The van der Waals surface area contributed by atoms with Crippen LogP contribution >= 0.6 is 0 Å². The zero-order valence-corrected chi connectivity index (χ0v) is 6.74. The van der Waals surface area contributed by atoms with Crippen LogP contribution in [-0.2, 0) is 14.2 Å². The van der Waals surface area contributed by atoms with Crippen molar-refractivity contribution < 1.29 is 24.4 Å². The molecule has 0 aliphatic rings. The molecule has 2 N–H and O–H groups in total. The summed E-state index contributed by atoms with van der Waals surface area (Å²) in [5.41, 5.74) is 0. The van der Waals surface area contributed by atoms with Gasteiger partial charge in [-0.1, -0.05) is 0 Å². The van der Waals surface area contributed by atoms with E-state index < -0.39 is 0 Å². The van der Waals surface area contributed by atoms with Crippen LogP contribution in [0.25, 0.3) is 0 Å². The SMILES string of the molecule is OC=COC=COC=COC=CO. The Labute approximate surface area is 75.5 Å². The second-order valence-electron chi connectivity index (χ2n) is 1.52. The lowest BCUT2D eigenvalue weighted by molar-refractivity contribution is 0.311. The maximum absolute atomic E-state index is 8.12. The Kier molecular flexibility index (Phi) is 8.40. The Morgan fingerprint density at radius 3 is 1.15 bits per heavy atom. The normalized spacial score (nSPS) is 12.0. The van der Waals surface area contributed by atoms with Crippen molar-refractivity contribution in [3.63, 3.8) is 0 Å². The number of aliphatic hydroxyl groups is 2. The van der Waals surface area contributed by atoms with Gasteiger partial charge in [-0.3, -0.25) is 0 Å². The van der Waals surface area contributed by atoms with E-state index in [1.165, 1.54) is 25.0 Å². The molecule has 0 aliphatic heterocycles. The van der Waals surface area contributed by atoms with Crippen LogP contribution in [0.4, 0.5) is 0 Å². The summed E-state index contributed by atoms with van der Waals surface area (Å²) in [6.07, 6.45) is 8.48. The molecule has 0 spiro atoms. The summed E-state index contributed by atoms with van der Waals surface area (Å²) in [6, 6.07) is 0. The molecule has 5 heteroatoms. The molecular weight excluding hydrogens is 176 g/mol. The van der Waals surface area contributed by atoms with E-state index in [1.54, 1.807) is 0 Å². The van der Waals surface area contributed by atoms with Crippen LogP contribution in [0.2, 0.25) is 0 Å². The standard InChI is InChI=1S/C8H10O5/c9-1-3-11-5-7-13-8-6-12-4-2-10/h1-10H. The molecule has 0 fully saturated rings. The van der Waals surface area contributed by atoms with Crippen LogP contribution in [0, 0.1) is 0 Å². The highest BCUT2D eigenvalue weighted by molar-refractivity contribution is 4.73. The Bertz CT molecular complexity index is 183. The van der Waals surface area contributed by atoms with Crippen molar-refractivity contribution >= 4 is 0 Å². The molecule has 5 nitrogen and oxygen atoms in total. The van der Waals surface area contributed by atoms with E-state index in [1.807, 2.05) is 0 Å². The van der Waals surface area contributed by atoms with Crippen LogP contribution < -0.4 is 0 Å². The van der Waals surface area contributed by atoms with E-state index in [2.05, 4.69) is 14.2 Å². The Morgan fingerprint density at radius 1 is 0.538 bits per heavy atom. The third-order valence-corrected chi connectivity index (χ3v) is 0.704. The fourth-order valence-corrected chi connectivity index (χ4v) is 0.335. The number of hydrogen-bond acceptors (Lipinski definition) is 5. The van der Waals surface area contributed by atoms with Crippen molar-refractivity contribution in [2.45, 2.75) is 0 Å². The van der Waals surface area contributed by atoms with Gasteiger partial charge >= 0.3 is 0 Å². The third kappa shape index (κ3) is 9.96. The minimum atomic E-state index is 0.745. The number of ether oxygens (including phenoxy) is 3. The molecule has 0 heterocycles. The first-order valence-corrected chi connectivity index (χ1v) is 3.26. The van der Waals surface area contributed by atoms with E-state index in [0.29, 0.717) is 0 Å². The Hall–Kier alpha value is -2.04. The van der Waals surface area contributed by atoms with Crippen molar-refractivity contribution in [1.82, 2.24) is 0 Å². The van der Waals surface area contributed by atoms with Gasteiger partial charge in [0.1, 0.15) is 50.1 Å². The molecular formula is C8H10O5. The monoisotopic (exact) mass is 186 g/mol. The Morgan fingerprint density at radius 2 is 0.846 bits per heavy atom. The first kappa shape index (κ1) is 11.0. The molecule has 0 rings (SSSR count). The second kappa shape index (κ2) is 9.96. The summed E-state index contributed by atoms with van der Waals surface area (Å²) in [5, 5.41) is 16.2. The zero-order valence-electron chi connectivity index (χ0n) is 6.74. The fourth-order valence-electron chi connectivity index (χ4n) is 0.335. The summed E-state index contributed by atoms with van der Waals surface area (Å²) in [4.78, 5) is 0. The lowest BCUT2D eigenvalue weighted by Gasteiger charge is -1.90. The highest BCUT2D eigenvalue weighted by Crippen LogP contribution is 1.85. The van der Waals surface area contributed by atoms with Gasteiger partial charge in [-0.05, 0) is 0 Å². The van der Waals surface area contributed by atoms with Crippen LogP contribution in [0.3, 0.4) is 0 Å². The van der Waals surface area contributed by atoms with E-state index in [9.17, 15) is 0 Å². The molecule has 0 aromatic heterocycles. The number of aliphatic hydroxyl groups excluding tert-OH is 2. The summed E-state index contributed by atoms with van der Waals surface area (Å²) in [6.45, 7) is 0. The molecule has 0 atom stereocenters. The van der Waals surface area contributed by atoms with Crippen molar-refractivity contribution in [3.8, 4) is 0 Å². The molecule has 0 bridgehead atoms. The molecule has 0 saturated heterocycles. The van der Waals surface area contributed by atoms with Gasteiger partial charge in [0.2, 0.25) is 0 Å². The van der Waals surface area contributed by atoms with Crippen molar-refractivity contribution in [1.29, 1.82) is 0 Å². The van der Waals surface area contributed by atoms with Crippen molar-refractivity contribution in [2.75, 3.05) is 0 Å². The van der Waals surface area contributed by atoms with E-state index >= 15 is 0 Å². The van der Waals surface area contributed by atoms with Gasteiger partial charge in [-0.25, -0.2) is 0 Å². The molecule has 0 radical (unpaired) electrons. The number of rotatable bonds is 6. The molecule has 0 unspecified atom stereocenters. The molecule has 72 valence electrons. The topological polar surface area (TPSA) is 68.2 Å². The molecule has 0 amide bonds. The van der Waals surface area contributed by atoms with E-state index in [0.717, 1.165) is 25.0 Å². The quantitative estimate of drug-likeness (QED) is 0.621. The number of hydrogen-bond donors (Lipinski definition) is 2. The maximum atomic E-state index is 8.12. The third-order valence-electron chi connectivity index (χ3n) is 0.704. The van der Waals surface area contributed by atoms with E-state index in [4.69, 9.17) is 10.2 Å². The van der Waals surface area contributed by atoms with Crippen LogP contribution in [0.15, 0.2) is 50.1 Å². The summed E-state index contributed by atoms with van der Waals surface area (Å²) in [7, 11) is 0. The minimum Gasteiger partial charge on any atom is -0.512 e. The van der Waals surface area contributed by atoms with Gasteiger partial charge in [0.05, 0.1) is 0 Å². The first-order valence-electron chi connectivity index (χ1n) is 3.26. The Balaban J connectivity index is 3.32. The predicted octanol–water partition coefficient (Wildman–Crippen LogP) is 2.04. The summed E-state index contributed by atoms with van der Waals surface area (Å²) in [5.74, 6) is 0. The summed E-state index contributed by atoms with van der Waals surface area (Å²) >= 11 is 0. The summed E-state index contributed by atoms with van der Waals surface area (Å²) < 4.78 is 13.8. The van der Waals surface area contributed by atoms with Gasteiger partial charge in [0.25, 0.3) is 0 Å². The predicted molar refractivity (Wildman–Crippen MR) is 45.1 cm³/mol.